The Morgan fingerprint density at radius 2 is 2.21 bits per heavy atom. The van der Waals surface area contributed by atoms with E-state index in [1.54, 1.807) is 6.20 Å². The van der Waals surface area contributed by atoms with Gasteiger partial charge in [-0.15, -0.1) is 0 Å². The molecule has 0 bridgehead atoms. The topological polar surface area (TPSA) is 42.0 Å². The first kappa shape index (κ1) is 12.4. The van der Waals surface area contributed by atoms with Gasteiger partial charge in [0.15, 0.2) is 5.78 Å². The summed E-state index contributed by atoms with van der Waals surface area (Å²) in [5, 5.41) is 3.29. The fourth-order valence-electron chi connectivity index (χ4n) is 2.26. The van der Waals surface area contributed by atoms with E-state index in [1.807, 2.05) is 30.3 Å². The first-order chi connectivity index (χ1) is 9.22. The largest absolute Gasteiger partial charge is 0.384 e. The molecule has 1 aromatic carbocycles. The first-order valence-corrected chi connectivity index (χ1v) is 7.02. The maximum atomic E-state index is 12.2. The average molecular weight is 317 g/mol. The molecule has 0 saturated heterocycles. The van der Waals surface area contributed by atoms with Crippen molar-refractivity contribution in [2.24, 2.45) is 0 Å². The second-order valence-corrected chi connectivity index (χ2v) is 5.53. The summed E-state index contributed by atoms with van der Waals surface area (Å²) in [6, 6.07) is 9.65. The highest BCUT2D eigenvalue weighted by Gasteiger charge is 2.14. The van der Waals surface area contributed by atoms with Crippen LogP contribution < -0.4 is 5.32 Å². The third-order valence-corrected chi connectivity index (χ3v) is 3.74. The van der Waals surface area contributed by atoms with Crippen LogP contribution in [0.4, 0.5) is 5.69 Å². The predicted molar refractivity (Wildman–Crippen MR) is 78.6 cm³/mol. The average Bonchev–Trinajstić information content (AvgIpc) is 2.88. The van der Waals surface area contributed by atoms with Crippen LogP contribution in [0.15, 0.2) is 41.0 Å². The predicted octanol–water partition coefficient (Wildman–Crippen LogP) is 3.24. The Hall–Kier alpha value is -1.68. The molecule has 3 rings (SSSR count). The lowest BCUT2D eigenvalue weighted by Crippen LogP contribution is -2.05. The van der Waals surface area contributed by atoms with Crippen LogP contribution in [0.25, 0.3) is 0 Å². The van der Waals surface area contributed by atoms with Gasteiger partial charge in [-0.05, 0) is 58.2 Å². The molecule has 0 radical (unpaired) electrons. The molecule has 2 heterocycles. The fourth-order valence-corrected chi connectivity index (χ4v) is 2.49. The van der Waals surface area contributed by atoms with Crippen LogP contribution in [0.2, 0.25) is 0 Å². The van der Waals surface area contributed by atoms with Crippen LogP contribution in [-0.4, -0.2) is 17.3 Å². The molecule has 1 aromatic heterocycles. The summed E-state index contributed by atoms with van der Waals surface area (Å²) < 4.78 is 0.923. The third kappa shape index (κ3) is 2.68. The molecule has 0 unspecified atom stereocenters. The second-order valence-electron chi connectivity index (χ2n) is 4.62. The highest BCUT2D eigenvalue weighted by atomic mass is 79.9. The number of hydrogen-bond acceptors (Lipinski definition) is 3. The minimum Gasteiger partial charge on any atom is -0.384 e. The summed E-state index contributed by atoms with van der Waals surface area (Å²) in [5.74, 6) is 0.115. The maximum Gasteiger partial charge on any atom is 0.168 e. The van der Waals surface area contributed by atoms with Gasteiger partial charge in [0.05, 0.1) is 6.42 Å². The van der Waals surface area contributed by atoms with Crippen molar-refractivity contribution in [3.05, 3.63) is 57.8 Å². The molecule has 1 aliphatic heterocycles. The molecule has 3 nitrogen and oxygen atoms in total. The van der Waals surface area contributed by atoms with Crippen molar-refractivity contribution < 1.29 is 4.79 Å². The van der Waals surface area contributed by atoms with E-state index in [2.05, 4.69) is 26.2 Å². The molecule has 19 heavy (non-hydrogen) atoms. The Morgan fingerprint density at radius 1 is 1.32 bits per heavy atom. The summed E-state index contributed by atoms with van der Waals surface area (Å²) in [7, 11) is 0. The van der Waals surface area contributed by atoms with Gasteiger partial charge in [0.2, 0.25) is 0 Å². The van der Waals surface area contributed by atoms with Crippen molar-refractivity contribution in [3.63, 3.8) is 0 Å². The quantitative estimate of drug-likeness (QED) is 0.884. The van der Waals surface area contributed by atoms with Crippen molar-refractivity contribution in [2.75, 3.05) is 11.9 Å². The number of nitrogens with one attached hydrogen (secondary N) is 1. The van der Waals surface area contributed by atoms with Crippen LogP contribution in [-0.2, 0) is 12.8 Å². The lowest BCUT2D eigenvalue weighted by molar-refractivity contribution is 0.0992. The zero-order valence-electron chi connectivity index (χ0n) is 10.3. The molecule has 0 atom stereocenters. The summed E-state index contributed by atoms with van der Waals surface area (Å²) >= 11 is 3.34. The van der Waals surface area contributed by atoms with Gasteiger partial charge in [-0.1, -0.05) is 0 Å². The Labute approximate surface area is 120 Å². The molecule has 1 N–H and O–H groups in total. The Balaban J connectivity index is 1.78. The van der Waals surface area contributed by atoms with Gasteiger partial charge in [0, 0.05) is 34.2 Å². The normalized spacial score (nSPS) is 12.9. The number of halogens is 1. The number of rotatable bonds is 3. The minimum atomic E-state index is 0.115. The lowest BCUT2D eigenvalue weighted by Gasteiger charge is -2.04. The van der Waals surface area contributed by atoms with Gasteiger partial charge in [-0.25, -0.2) is 0 Å². The number of ketones is 1. The molecule has 4 heteroatoms. The smallest absolute Gasteiger partial charge is 0.168 e. The first-order valence-electron chi connectivity index (χ1n) is 6.23. The van der Waals surface area contributed by atoms with Crippen LogP contribution in [0.5, 0.6) is 0 Å². The Bertz CT molecular complexity index is 623. The van der Waals surface area contributed by atoms with E-state index >= 15 is 0 Å². The van der Waals surface area contributed by atoms with Crippen LogP contribution >= 0.6 is 15.9 Å². The number of Topliss-reactive ketones (excluding diaryl/α,β-unsaturated/α-hetero) is 1. The zero-order valence-corrected chi connectivity index (χ0v) is 11.9. The minimum absolute atomic E-state index is 0.115. The third-order valence-electron chi connectivity index (χ3n) is 3.27. The SMILES string of the molecule is O=C(Cc1ccc(Br)cn1)c1ccc2c(c1)CCN2. The number of fused-ring (bicyclic) bond motifs is 1. The van der Waals surface area contributed by atoms with Crippen molar-refractivity contribution >= 4 is 27.4 Å². The molecule has 0 aliphatic carbocycles. The van der Waals surface area contributed by atoms with E-state index in [1.165, 1.54) is 5.56 Å². The summed E-state index contributed by atoms with van der Waals surface area (Å²) in [5.41, 5.74) is 3.95. The Kier molecular flexibility index (Phi) is 3.34. The van der Waals surface area contributed by atoms with Crippen molar-refractivity contribution in [2.45, 2.75) is 12.8 Å². The number of aromatic nitrogens is 1. The molecule has 0 saturated carbocycles. The summed E-state index contributed by atoms with van der Waals surface area (Å²) in [6.07, 6.45) is 3.06. The van der Waals surface area contributed by atoms with E-state index in [4.69, 9.17) is 0 Å². The highest BCUT2D eigenvalue weighted by molar-refractivity contribution is 9.10. The lowest BCUT2D eigenvalue weighted by atomic mass is 10.0. The van der Waals surface area contributed by atoms with Crippen molar-refractivity contribution in [3.8, 4) is 0 Å². The van der Waals surface area contributed by atoms with Gasteiger partial charge in [0.25, 0.3) is 0 Å². The van der Waals surface area contributed by atoms with E-state index in [-0.39, 0.29) is 5.78 Å². The number of pyridine rings is 1. The van der Waals surface area contributed by atoms with E-state index in [0.29, 0.717) is 6.42 Å². The molecule has 0 fully saturated rings. The molecule has 2 aromatic rings. The second kappa shape index (κ2) is 5.13. The van der Waals surface area contributed by atoms with Gasteiger partial charge < -0.3 is 5.32 Å². The summed E-state index contributed by atoms with van der Waals surface area (Å²) in [6.45, 7) is 0.960. The molecule has 0 amide bonds. The number of benzene rings is 1. The fraction of sp³-hybridized carbons (Fsp3) is 0.200. The molecule has 1 aliphatic rings. The standard InChI is InChI=1S/C15H13BrN2O/c16-12-2-3-13(18-9-12)8-15(19)11-1-4-14-10(7-11)5-6-17-14/h1-4,7,9,17H,5-6,8H2. The van der Waals surface area contributed by atoms with Crippen molar-refractivity contribution in [1.29, 1.82) is 0 Å². The molecule has 96 valence electrons. The highest BCUT2D eigenvalue weighted by Crippen LogP contribution is 2.23. The van der Waals surface area contributed by atoms with Crippen LogP contribution in [0.1, 0.15) is 21.6 Å². The zero-order chi connectivity index (χ0) is 13.2. The number of carbonyl (C=O) groups excluding carboxylic acids is 1. The van der Waals surface area contributed by atoms with Gasteiger partial charge in [-0.2, -0.15) is 0 Å². The van der Waals surface area contributed by atoms with Gasteiger partial charge in [-0.3, -0.25) is 9.78 Å². The van der Waals surface area contributed by atoms with Gasteiger partial charge >= 0.3 is 0 Å². The maximum absolute atomic E-state index is 12.2. The van der Waals surface area contributed by atoms with Crippen LogP contribution in [0.3, 0.4) is 0 Å². The van der Waals surface area contributed by atoms with E-state index < -0.39 is 0 Å². The number of nitrogens with zero attached hydrogens (tertiary/aromatic N) is 1. The van der Waals surface area contributed by atoms with E-state index in [0.717, 1.165) is 34.4 Å². The van der Waals surface area contributed by atoms with E-state index in [9.17, 15) is 4.79 Å². The number of anilines is 1. The Morgan fingerprint density at radius 3 is 3.00 bits per heavy atom. The molecular weight excluding hydrogens is 304 g/mol. The van der Waals surface area contributed by atoms with Crippen molar-refractivity contribution in [1.82, 2.24) is 4.98 Å². The molecule has 0 spiro atoms. The van der Waals surface area contributed by atoms with Crippen LogP contribution in [0, 0.1) is 0 Å². The van der Waals surface area contributed by atoms with Gasteiger partial charge in [0.1, 0.15) is 0 Å². The number of carbonyl (C=O) groups is 1. The molecular formula is C15H13BrN2O. The number of hydrogen-bond donors (Lipinski definition) is 1. The summed E-state index contributed by atoms with van der Waals surface area (Å²) in [4.78, 5) is 16.5. The monoisotopic (exact) mass is 316 g/mol.